The average molecular weight is 191 g/mol. The highest BCUT2D eigenvalue weighted by atomic mass is 35.5. The van der Waals surface area contributed by atoms with Gasteiger partial charge in [-0.3, -0.25) is 0 Å². The van der Waals surface area contributed by atoms with Crippen molar-refractivity contribution >= 4 is 11.6 Å². The summed E-state index contributed by atoms with van der Waals surface area (Å²) in [6.45, 7) is 2.23. The predicted molar refractivity (Wildman–Crippen MR) is 52.5 cm³/mol. The van der Waals surface area contributed by atoms with Gasteiger partial charge in [-0.05, 0) is 38.0 Å². The fourth-order valence-electron chi connectivity index (χ4n) is 2.05. The summed E-state index contributed by atoms with van der Waals surface area (Å²) in [6, 6.07) is 0. The van der Waals surface area contributed by atoms with Crippen molar-refractivity contribution < 1.29 is 5.11 Å². The van der Waals surface area contributed by atoms with Gasteiger partial charge >= 0.3 is 0 Å². The van der Waals surface area contributed by atoms with Gasteiger partial charge in [0.25, 0.3) is 0 Å². The van der Waals surface area contributed by atoms with Crippen LogP contribution in [0, 0.1) is 5.92 Å². The molecule has 0 spiro atoms. The molecule has 1 aliphatic carbocycles. The second-order valence-electron chi connectivity index (χ2n) is 4.01. The second-order valence-corrected chi connectivity index (χ2v) is 4.39. The topological polar surface area (TPSA) is 20.2 Å². The Balaban J connectivity index is 2.33. The Bertz CT molecular complexity index is 128. The maximum Gasteiger partial charge on any atom is 0.0659 e. The monoisotopic (exact) mass is 190 g/mol. The van der Waals surface area contributed by atoms with Crippen LogP contribution in [0.15, 0.2) is 0 Å². The van der Waals surface area contributed by atoms with Crippen LogP contribution < -0.4 is 0 Å². The molecule has 0 aromatic rings. The van der Waals surface area contributed by atoms with E-state index in [4.69, 9.17) is 11.6 Å². The number of aliphatic hydroxyl groups is 1. The van der Waals surface area contributed by atoms with Gasteiger partial charge in [0, 0.05) is 5.88 Å². The maximum atomic E-state index is 10.0. The van der Waals surface area contributed by atoms with Crippen LogP contribution in [0.4, 0.5) is 0 Å². The summed E-state index contributed by atoms with van der Waals surface area (Å²) in [6.07, 6.45) is 6.31. The summed E-state index contributed by atoms with van der Waals surface area (Å²) in [4.78, 5) is 0. The van der Waals surface area contributed by atoms with Gasteiger partial charge in [0.15, 0.2) is 0 Å². The van der Waals surface area contributed by atoms with Crippen LogP contribution in [0.2, 0.25) is 0 Å². The highest BCUT2D eigenvalue weighted by Gasteiger charge is 2.31. The van der Waals surface area contributed by atoms with E-state index in [-0.39, 0.29) is 0 Å². The minimum Gasteiger partial charge on any atom is -0.390 e. The average Bonchev–Trinajstić information content (AvgIpc) is 2.06. The number of hydrogen-bond donors (Lipinski definition) is 1. The zero-order chi connectivity index (χ0) is 9.03. The van der Waals surface area contributed by atoms with Crippen LogP contribution in [0.25, 0.3) is 0 Å². The molecule has 0 heterocycles. The van der Waals surface area contributed by atoms with E-state index < -0.39 is 5.60 Å². The Morgan fingerprint density at radius 3 is 2.42 bits per heavy atom. The standard InChI is InChI=1S/C10H19ClO/c1-2-9-3-5-10(12,6-4-9)7-8-11/h9,12H,2-8H2,1H3. The van der Waals surface area contributed by atoms with Crippen molar-refractivity contribution in [3.8, 4) is 0 Å². The van der Waals surface area contributed by atoms with Crippen molar-refractivity contribution in [1.82, 2.24) is 0 Å². The van der Waals surface area contributed by atoms with Gasteiger partial charge in [0.2, 0.25) is 0 Å². The zero-order valence-electron chi connectivity index (χ0n) is 7.85. The molecule has 0 radical (unpaired) electrons. The van der Waals surface area contributed by atoms with E-state index in [1.165, 1.54) is 19.3 Å². The van der Waals surface area contributed by atoms with Crippen LogP contribution in [0.5, 0.6) is 0 Å². The highest BCUT2D eigenvalue weighted by molar-refractivity contribution is 6.17. The molecule has 1 aliphatic rings. The van der Waals surface area contributed by atoms with Crippen molar-refractivity contribution in [2.75, 3.05) is 5.88 Å². The summed E-state index contributed by atoms with van der Waals surface area (Å²) < 4.78 is 0. The van der Waals surface area contributed by atoms with Crippen LogP contribution >= 0.6 is 11.6 Å². The van der Waals surface area contributed by atoms with E-state index in [1.807, 2.05) is 0 Å². The lowest BCUT2D eigenvalue weighted by Crippen LogP contribution is -2.34. The van der Waals surface area contributed by atoms with E-state index in [0.717, 1.165) is 25.2 Å². The fraction of sp³-hybridized carbons (Fsp3) is 1.00. The molecule has 1 rings (SSSR count). The van der Waals surface area contributed by atoms with E-state index in [2.05, 4.69) is 6.92 Å². The summed E-state index contributed by atoms with van der Waals surface area (Å²) in [5.41, 5.74) is -0.423. The molecule has 1 N–H and O–H groups in total. The summed E-state index contributed by atoms with van der Waals surface area (Å²) in [5.74, 6) is 1.44. The molecular formula is C10H19ClO. The normalized spacial score (nSPS) is 36.8. The molecule has 0 aliphatic heterocycles. The molecule has 0 saturated heterocycles. The number of hydrogen-bond acceptors (Lipinski definition) is 1. The largest absolute Gasteiger partial charge is 0.390 e. The van der Waals surface area contributed by atoms with Gasteiger partial charge in [0.05, 0.1) is 5.60 Å². The van der Waals surface area contributed by atoms with Crippen molar-refractivity contribution in [1.29, 1.82) is 0 Å². The molecule has 1 nitrogen and oxygen atoms in total. The van der Waals surface area contributed by atoms with Gasteiger partial charge in [-0.25, -0.2) is 0 Å². The molecule has 0 amide bonds. The summed E-state index contributed by atoms with van der Waals surface area (Å²) in [5, 5.41) is 10.0. The lowest BCUT2D eigenvalue weighted by Gasteiger charge is -2.35. The number of alkyl halides is 1. The van der Waals surface area contributed by atoms with Gasteiger partial charge < -0.3 is 5.11 Å². The molecule has 0 aromatic carbocycles. The molecule has 72 valence electrons. The summed E-state index contributed by atoms with van der Waals surface area (Å²) in [7, 11) is 0. The van der Waals surface area contributed by atoms with E-state index in [9.17, 15) is 5.11 Å². The number of halogens is 1. The van der Waals surface area contributed by atoms with E-state index >= 15 is 0 Å². The van der Waals surface area contributed by atoms with Gasteiger partial charge in [-0.15, -0.1) is 11.6 Å². The Hall–Kier alpha value is 0.250. The van der Waals surface area contributed by atoms with E-state index in [1.54, 1.807) is 0 Å². The minimum absolute atomic E-state index is 0.423. The SMILES string of the molecule is CCC1CCC(O)(CCCl)CC1. The molecule has 1 saturated carbocycles. The molecule has 0 unspecified atom stereocenters. The first kappa shape index (κ1) is 10.3. The maximum absolute atomic E-state index is 10.0. The number of rotatable bonds is 3. The highest BCUT2D eigenvalue weighted by Crippen LogP contribution is 2.35. The van der Waals surface area contributed by atoms with Crippen LogP contribution in [0.1, 0.15) is 45.4 Å². The Kier molecular flexibility index (Phi) is 3.85. The molecule has 0 atom stereocenters. The first-order valence-corrected chi connectivity index (χ1v) is 5.52. The lowest BCUT2D eigenvalue weighted by atomic mass is 9.77. The fourth-order valence-corrected chi connectivity index (χ4v) is 2.40. The molecule has 1 fully saturated rings. The van der Waals surface area contributed by atoms with Crippen molar-refractivity contribution in [2.24, 2.45) is 5.92 Å². The Morgan fingerprint density at radius 1 is 1.42 bits per heavy atom. The van der Waals surface area contributed by atoms with Gasteiger partial charge in [0.1, 0.15) is 0 Å². The minimum atomic E-state index is -0.423. The molecule has 0 bridgehead atoms. The van der Waals surface area contributed by atoms with Crippen LogP contribution in [-0.2, 0) is 0 Å². The van der Waals surface area contributed by atoms with Crippen molar-refractivity contribution in [3.05, 3.63) is 0 Å². The van der Waals surface area contributed by atoms with Crippen LogP contribution in [0.3, 0.4) is 0 Å². The third-order valence-electron chi connectivity index (χ3n) is 3.17. The smallest absolute Gasteiger partial charge is 0.0659 e. The first-order valence-electron chi connectivity index (χ1n) is 4.98. The Labute approximate surface area is 80.1 Å². The second kappa shape index (κ2) is 4.48. The predicted octanol–water partition coefficient (Wildman–Crippen LogP) is 2.95. The first-order chi connectivity index (χ1) is 5.70. The third-order valence-corrected chi connectivity index (χ3v) is 3.36. The van der Waals surface area contributed by atoms with Gasteiger partial charge in [-0.2, -0.15) is 0 Å². The Morgan fingerprint density at radius 2 is 2.00 bits per heavy atom. The zero-order valence-corrected chi connectivity index (χ0v) is 8.61. The lowest BCUT2D eigenvalue weighted by molar-refractivity contribution is -0.0120. The van der Waals surface area contributed by atoms with Gasteiger partial charge in [-0.1, -0.05) is 13.3 Å². The summed E-state index contributed by atoms with van der Waals surface area (Å²) >= 11 is 5.63. The molecular weight excluding hydrogens is 172 g/mol. The quantitative estimate of drug-likeness (QED) is 0.679. The van der Waals surface area contributed by atoms with Crippen LogP contribution in [-0.4, -0.2) is 16.6 Å². The molecule has 12 heavy (non-hydrogen) atoms. The molecule has 0 aromatic heterocycles. The van der Waals surface area contributed by atoms with Crippen molar-refractivity contribution in [3.63, 3.8) is 0 Å². The molecule has 2 heteroatoms. The van der Waals surface area contributed by atoms with E-state index in [0.29, 0.717) is 5.88 Å². The third kappa shape index (κ3) is 2.63. The van der Waals surface area contributed by atoms with Crippen molar-refractivity contribution in [2.45, 2.75) is 51.0 Å².